The lowest BCUT2D eigenvalue weighted by Crippen LogP contribution is -2.34. The van der Waals surface area contributed by atoms with Gasteiger partial charge in [0.2, 0.25) is 0 Å². The topological polar surface area (TPSA) is 23.6 Å². The maximum Gasteiger partial charge on any atom is 0.253 e. The van der Waals surface area contributed by atoms with Gasteiger partial charge in [-0.15, -0.1) is 0 Å². The molecule has 3 heteroatoms. The normalized spacial score (nSPS) is 16.8. The molecule has 1 saturated heterocycles. The molecule has 28 heavy (non-hydrogen) atoms. The smallest absolute Gasteiger partial charge is 0.253 e. The van der Waals surface area contributed by atoms with E-state index in [1.165, 1.54) is 21.9 Å². The molecule has 1 amide bonds. The summed E-state index contributed by atoms with van der Waals surface area (Å²) in [5, 5.41) is 2.61. The number of hydrogen-bond acceptors (Lipinski definition) is 2. The average molecular weight is 373 g/mol. The van der Waals surface area contributed by atoms with Gasteiger partial charge in [-0.25, -0.2) is 0 Å². The predicted octanol–water partition coefficient (Wildman–Crippen LogP) is 4.40. The van der Waals surface area contributed by atoms with Gasteiger partial charge < -0.3 is 9.80 Å². The summed E-state index contributed by atoms with van der Waals surface area (Å²) in [6.07, 6.45) is 2.97. The van der Waals surface area contributed by atoms with Crippen LogP contribution in [-0.2, 0) is 12.8 Å². The quantitative estimate of drug-likeness (QED) is 0.663. The molecular formula is C25H28N2O. The van der Waals surface area contributed by atoms with E-state index in [0.717, 1.165) is 37.9 Å². The number of likely N-dealkylation sites (tertiary alicyclic amines) is 1. The van der Waals surface area contributed by atoms with Gasteiger partial charge in [0, 0.05) is 24.7 Å². The maximum absolute atomic E-state index is 12.9. The van der Waals surface area contributed by atoms with Crippen LogP contribution < -0.4 is 0 Å². The zero-order chi connectivity index (χ0) is 19.5. The molecule has 1 fully saturated rings. The minimum atomic E-state index is 0.163. The lowest BCUT2D eigenvalue weighted by molar-refractivity contribution is 0.0783. The number of rotatable bonds is 5. The Bertz CT molecular complexity index is 974. The van der Waals surface area contributed by atoms with Crippen molar-refractivity contribution in [3.05, 3.63) is 83.4 Å². The van der Waals surface area contributed by atoms with Crippen molar-refractivity contribution in [3.63, 3.8) is 0 Å². The van der Waals surface area contributed by atoms with E-state index >= 15 is 0 Å². The van der Waals surface area contributed by atoms with Crippen LogP contribution in [0.4, 0.5) is 0 Å². The zero-order valence-corrected chi connectivity index (χ0v) is 16.8. The van der Waals surface area contributed by atoms with E-state index in [1.54, 1.807) is 0 Å². The molecule has 0 spiro atoms. The number of hydrogen-bond donors (Lipinski definition) is 0. The van der Waals surface area contributed by atoms with Gasteiger partial charge in [-0.05, 0) is 67.4 Å². The summed E-state index contributed by atoms with van der Waals surface area (Å²) in [6, 6.07) is 23.7. The summed E-state index contributed by atoms with van der Waals surface area (Å²) in [4.78, 5) is 17.1. The molecule has 0 bridgehead atoms. The van der Waals surface area contributed by atoms with E-state index in [2.05, 4.69) is 73.6 Å². The van der Waals surface area contributed by atoms with Crippen LogP contribution in [0.5, 0.6) is 0 Å². The highest BCUT2D eigenvalue weighted by molar-refractivity contribution is 5.94. The maximum atomic E-state index is 12.9. The van der Waals surface area contributed by atoms with Crippen molar-refractivity contribution in [1.82, 2.24) is 9.80 Å². The molecule has 3 aromatic rings. The van der Waals surface area contributed by atoms with Gasteiger partial charge >= 0.3 is 0 Å². The third kappa shape index (κ3) is 3.95. The number of carbonyl (C=O) groups excluding carboxylic acids is 1. The molecule has 144 valence electrons. The molecule has 1 atom stereocenters. The summed E-state index contributed by atoms with van der Waals surface area (Å²) in [7, 11) is 4.18. The van der Waals surface area contributed by atoms with E-state index in [1.807, 2.05) is 17.0 Å². The van der Waals surface area contributed by atoms with E-state index in [4.69, 9.17) is 0 Å². The Morgan fingerprint density at radius 2 is 1.79 bits per heavy atom. The average Bonchev–Trinajstić information content (AvgIpc) is 3.22. The number of nitrogens with zero attached hydrogens (tertiary/aromatic N) is 2. The van der Waals surface area contributed by atoms with Crippen molar-refractivity contribution < 1.29 is 4.79 Å². The van der Waals surface area contributed by atoms with Crippen LogP contribution in [0.2, 0.25) is 0 Å². The molecule has 0 N–H and O–H groups in total. The third-order valence-electron chi connectivity index (χ3n) is 5.92. The monoisotopic (exact) mass is 372 g/mol. The minimum Gasteiger partial charge on any atom is -0.337 e. The predicted molar refractivity (Wildman–Crippen MR) is 116 cm³/mol. The van der Waals surface area contributed by atoms with E-state index in [9.17, 15) is 4.79 Å². The van der Waals surface area contributed by atoms with Gasteiger partial charge in [-0.1, -0.05) is 54.6 Å². The highest BCUT2D eigenvalue weighted by Crippen LogP contribution is 2.21. The summed E-state index contributed by atoms with van der Waals surface area (Å²) in [5.74, 6) is 0.163. The third-order valence-corrected chi connectivity index (χ3v) is 5.92. The van der Waals surface area contributed by atoms with Crippen LogP contribution in [0.25, 0.3) is 10.8 Å². The largest absolute Gasteiger partial charge is 0.337 e. The summed E-state index contributed by atoms with van der Waals surface area (Å²) in [6.45, 7) is 1.67. The van der Waals surface area contributed by atoms with Crippen molar-refractivity contribution in [2.45, 2.75) is 25.3 Å². The van der Waals surface area contributed by atoms with Crippen LogP contribution in [0, 0.1) is 0 Å². The first-order valence-corrected chi connectivity index (χ1v) is 10.1. The van der Waals surface area contributed by atoms with Crippen molar-refractivity contribution in [1.29, 1.82) is 0 Å². The zero-order valence-electron chi connectivity index (χ0n) is 16.8. The Hall–Kier alpha value is -2.65. The Balaban J connectivity index is 1.46. The fraction of sp³-hybridized carbons (Fsp3) is 0.320. The molecule has 3 nitrogen and oxygen atoms in total. The fourth-order valence-electron chi connectivity index (χ4n) is 4.18. The molecule has 4 rings (SSSR count). The molecule has 0 radical (unpaired) electrons. The molecule has 0 aliphatic carbocycles. The second kappa shape index (κ2) is 8.15. The van der Waals surface area contributed by atoms with E-state index < -0.39 is 0 Å². The summed E-state index contributed by atoms with van der Waals surface area (Å²) in [5.41, 5.74) is 3.40. The van der Waals surface area contributed by atoms with Crippen LogP contribution >= 0.6 is 0 Å². The molecule has 1 heterocycles. The molecule has 0 aromatic heterocycles. The first-order valence-electron chi connectivity index (χ1n) is 10.1. The van der Waals surface area contributed by atoms with Gasteiger partial charge in [0.05, 0.1) is 0 Å². The first-order chi connectivity index (χ1) is 13.6. The SMILES string of the molecule is CN(C)C1CCN(C(=O)c2cccc(CCc3cccc4ccccc34)c2)C1. The van der Waals surface area contributed by atoms with Crippen LogP contribution in [0.3, 0.4) is 0 Å². The molecule has 1 aliphatic heterocycles. The van der Waals surface area contributed by atoms with Crippen LogP contribution in [0.1, 0.15) is 27.9 Å². The van der Waals surface area contributed by atoms with Gasteiger partial charge in [-0.3, -0.25) is 4.79 Å². The minimum absolute atomic E-state index is 0.163. The molecule has 1 aliphatic rings. The molecule has 3 aromatic carbocycles. The highest BCUT2D eigenvalue weighted by Gasteiger charge is 2.28. The van der Waals surface area contributed by atoms with Gasteiger partial charge in [-0.2, -0.15) is 0 Å². The Morgan fingerprint density at radius 1 is 1.00 bits per heavy atom. The fourth-order valence-corrected chi connectivity index (χ4v) is 4.18. The number of aryl methyl sites for hydroxylation is 2. The highest BCUT2D eigenvalue weighted by atomic mass is 16.2. The Labute approximate surface area is 167 Å². The Morgan fingerprint density at radius 3 is 2.61 bits per heavy atom. The summed E-state index contributed by atoms with van der Waals surface area (Å²) < 4.78 is 0. The van der Waals surface area contributed by atoms with E-state index in [0.29, 0.717) is 6.04 Å². The number of benzene rings is 3. The number of fused-ring (bicyclic) bond motifs is 1. The number of amides is 1. The van der Waals surface area contributed by atoms with E-state index in [-0.39, 0.29) is 5.91 Å². The van der Waals surface area contributed by atoms with Crippen molar-refractivity contribution in [3.8, 4) is 0 Å². The van der Waals surface area contributed by atoms with Crippen molar-refractivity contribution in [2.24, 2.45) is 0 Å². The van der Waals surface area contributed by atoms with Gasteiger partial charge in [0.15, 0.2) is 0 Å². The van der Waals surface area contributed by atoms with Crippen molar-refractivity contribution in [2.75, 3.05) is 27.2 Å². The number of carbonyl (C=O) groups is 1. The lowest BCUT2D eigenvalue weighted by atomic mass is 9.98. The standard InChI is InChI=1S/C25H28N2O/c1-26(2)23-15-16-27(18-23)25(28)22-11-5-7-19(17-22)13-14-21-10-6-9-20-8-3-4-12-24(20)21/h3-12,17,23H,13-16,18H2,1-2H3. The van der Waals surface area contributed by atoms with Crippen LogP contribution in [-0.4, -0.2) is 48.9 Å². The molecule has 0 saturated carbocycles. The molecule has 1 unspecified atom stereocenters. The van der Waals surface area contributed by atoms with Gasteiger partial charge in [0.1, 0.15) is 0 Å². The van der Waals surface area contributed by atoms with Crippen LogP contribution in [0.15, 0.2) is 66.7 Å². The van der Waals surface area contributed by atoms with Crippen molar-refractivity contribution >= 4 is 16.7 Å². The second-order valence-electron chi connectivity index (χ2n) is 8.00. The molecular weight excluding hydrogens is 344 g/mol. The second-order valence-corrected chi connectivity index (χ2v) is 8.00. The number of likely N-dealkylation sites (N-methyl/N-ethyl adjacent to an activating group) is 1. The van der Waals surface area contributed by atoms with Gasteiger partial charge in [0.25, 0.3) is 5.91 Å². The summed E-state index contributed by atoms with van der Waals surface area (Å²) >= 11 is 0. The Kier molecular flexibility index (Phi) is 5.45. The first kappa shape index (κ1) is 18.7. The lowest BCUT2D eigenvalue weighted by Gasteiger charge is -2.20.